The van der Waals surface area contributed by atoms with E-state index in [1.54, 1.807) is 31.2 Å². The Morgan fingerprint density at radius 3 is 2.34 bits per heavy atom. The summed E-state index contributed by atoms with van der Waals surface area (Å²) < 4.78 is 28.9. The van der Waals surface area contributed by atoms with Gasteiger partial charge in [-0.1, -0.05) is 31.5 Å². The lowest BCUT2D eigenvalue weighted by Crippen LogP contribution is -2.44. The number of rotatable bonds is 8. The molecular formula is C25H35N3O3S. The highest BCUT2D eigenvalue weighted by atomic mass is 32.2. The van der Waals surface area contributed by atoms with Crippen molar-refractivity contribution in [3.63, 3.8) is 0 Å². The van der Waals surface area contributed by atoms with Crippen LogP contribution in [0, 0.1) is 6.92 Å². The molecule has 0 unspecified atom stereocenters. The van der Waals surface area contributed by atoms with Crippen molar-refractivity contribution >= 4 is 21.6 Å². The molecule has 3 rings (SSSR count). The molecule has 1 heterocycles. The second-order valence-electron chi connectivity index (χ2n) is 8.87. The fourth-order valence-electron chi connectivity index (χ4n) is 4.12. The monoisotopic (exact) mass is 457 g/mol. The lowest BCUT2D eigenvalue weighted by Gasteiger charge is -2.35. The van der Waals surface area contributed by atoms with Gasteiger partial charge in [0.1, 0.15) is 0 Å². The lowest BCUT2D eigenvalue weighted by atomic mass is 10.0. The maximum Gasteiger partial charge on any atom is 0.262 e. The molecule has 174 valence electrons. The SMILES string of the molecule is CCCCc1ccc(NS(=O)(=O)c2cc(C(=O)N3CCC(N(C)C)CC3)ccc2C)cc1. The number of anilines is 1. The van der Waals surface area contributed by atoms with Gasteiger partial charge in [-0.05, 0) is 82.1 Å². The van der Waals surface area contributed by atoms with Gasteiger partial charge in [-0.15, -0.1) is 0 Å². The summed E-state index contributed by atoms with van der Waals surface area (Å²) in [5, 5.41) is 0. The number of amides is 1. The van der Waals surface area contributed by atoms with Gasteiger partial charge >= 0.3 is 0 Å². The van der Waals surface area contributed by atoms with E-state index in [4.69, 9.17) is 0 Å². The van der Waals surface area contributed by atoms with Crippen molar-refractivity contribution in [2.75, 3.05) is 31.9 Å². The molecule has 1 amide bonds. The van der Waals surface area contributed by atoms with Crippen LogP contribution < -0.4 is 4.72 Å². The van der Waals surface area contributed by atoms with E-state index in [1.807, 2.05) is 17.0 Å². The van der Waals surface area contributed by atoms with Crippen LogP contribution in [-0.2, 0) is 16.4 Å². The highest BCUT2D eigenvalue weighted by molar-refractivity contribution is 7.92. The van der Waals surface area contributed by atoms with Gasteiger partial charge < -0.3 is 9.80 Å². The Balaban J connectivity index is 1.75. The second-order valence-corrected chi connectivity index (χ2v) is 10.5. The normalized spacial score (nSPS) is 15.2. The van der Waals surface area contributed by atoms with E-state index in [-0.39, 0.29) is 10.8 Å². The lowest BCUT2D eigenvalue weighted by molar-refractivity contribution is 0.0663. The van der Waals surface area contributed by atoms with Gasteiger partial charge in [-0.3, -0.25) is 9.52 Å². The van der Waals surface area contributed by atoms with Crippen LogP contribution >= 0.6 is 0 Å². The fraction of sp³-hybridized carbons (Fsp3) is 0.480. The van der Waals surface area contributed by atoms with E-state index in [2.05, 4.69) is 30.6 Å². The molecular weight excluding hydrogens is 422 g/mol. The van der Waals surface area contributed by atoms with Crippen LogP contribution in [0.2, 0.25) is 0 Å². The average molecular weight is 458 g/mol. The molecule has 7 heteroatoms. The molecule has 1 saturated heterocycles. The molecule has 0 aromatic heterocycles. The van der Waals surface area contributed by atoms with Crippen LogP contribution in [0.5, 0.6) is 0 Å². The van der Waals surface area contributed by atoms with Gasteiger partial charge in [0, 0.05) is 30.4 Å². The molecule has 0 atom stereocenters. The number of benzene rings is 2. The molecule has 0 radical (unpaired) electrons. The van der Waals surface area contributed by atoms with Crippen LogP contribution in [-0.4, -0.2) is 57.4 Å². The zero-order valence-corrected chi connectivity index (χ0v) is 20.4. The van der Waals surface area contributed by atoms with Crippen LogP contribution in [0.1, 0.15) is 54.1 Å². The largest absolute Gasteiger partial charge is 0.339 e. The van der Waals surface area contributed by atoms with Crippen LogP contribution in [0.3, 0.4) is 0 Å². The number of nitrogens with one attached hydrogen (secondary N) is 1. The zero-order valence-electron chi connectivity index (χ0n) is 19.6. The summed E-state index contributed by atoms with van der Waals surface area (Å²) in [6, 6.07) is 12.9. The summed E-state index contributed by atoms with van der Waals surface area (Å²) in [5.74, 6) is -0.112. The fourth-order valence-corrected chi connectivity index (χ4v) is 5.45. The molecule has 6 nitrogen and oxygen atoms in total. The third kappa shape index (κ3) is 5.90. The highest BCUT2D eigenvalue weighted by Crippen LogP contribution is 2.23. The Morgan fingerprint density at radius 1 is 1.09 bits per heavy atom. The number of hydrogen-bond donors (Lipinski definition) is 1. The summed E-state index contributed by atoms with van der Waals surface area (Å²) >= 11 is 0. The third-order valence-electron chi connectivity index (χ3n) is 6.23. The van der Waals surface area contributed by atoms with Crippen LogP contribution in [0.4, 0.5) is 5.69 Å². The highest BCUT2D eigenvalue weighted by Gasteiger charge is 2.26. The van der Waals surface area contributed by atoms with Gasteiger partial charge in [-0.25, -0.2) is 8.42 Å². The van der Waals surface area contributed by atoms with E-state index in [9.17, 15) is 13.2 Å². The van der Waals surface area contributed by atoms with Gasteiger partial charge in [0.05, 0.1) is 4.90 Å². The quantitative estimate of drug-likeness (QED) is 0.641. The molecule has 1 aliphatic heterocycles. The molecule has 0 spiro atoms. The summed E-state index contributed by atoms with van der Waals surface area (Å²) in [6.07, 6.45) is 5.06. The van der Waals surface area contributed by atoms with Crippen molar-refractivity contribution in [2.45, 2.75) is 56.9 Å². The Hall–Kier alpha value is -2.38. The standard InChI is InChI=1S/C25H35N3O3S/c1-5-6-7-20-9-12-22(13-10-20)26-32(30,31)24-18-21(11-8-19(24)2)25(29)28-16-14-23(15-17-28)27(3)4/h8-13,18,23,26H,5-7,14-17H2,1-4H3. The van der Waals surface area contributed by atoms with E-state index in [0.717, 1.165) is 32.1 Å². The Labute approximate surface area is 192 Å². The topological polar surface area (TPSA) is 69.7 Å². The second kappa shape index (κ2) is 10.5. The molecule has 0 saturated carbocycles. The first-order chi connectivity index (χ1) is 15.2. The van der Waals surface area contributed by atoms with E-state index in [1.165, 1.54) is 11.6 Å². The average Bonchev–Trinajstić information content (AvgIpc) is 2.78. The third-order valence-corrected chi connectivity index (χ3v) is 7.76. The zero-order chi connectivity index (χ0) is 23.3. The van der Waals surface area contributed by atoms with E-state index < -0.39 is 10.0 Å². The molecule has 0 aliphatic carbocycles. The predicted octanol–water partition coefficient (Wildman–Crippen LogP) is 4.30. The van der Waals surface area contributed by atoms with Crippen molar-refractivity contribution in [1.82, 2.24) is 9.80 Å². The van der Waals surface area contributed by atoms with Gasteiger partial charge in [-0.2, -0.15) is 0 Å². The van der Waals surface area contributed by atoms with Gasteiger partial charge in [0.25, 0.3) is 15.9 Å². The summed E-state index contributed by atoms with van der Waals surface area (Å²) in [7, 11) is 0.313. The first-order valence-corrected chi connectivity index (χ1v) is 12.9. The number of nitrogens with zero attached hydrogens (tertiary/aromatic N) is 2. The van der Waals surface area contributed by atoms with Gasteiger partial charge in [0.15, 0.2) is 0 Å². The molecule has 2 aromatic carbocycles. The van der Waals surface area contributed by atoms with Crippen LogP contribution in [0.25, 0.3) is 0 Å². The molecule has 2 aromatic rings. The number of carbonyl (C=O) groups excluding carboxylic acids is 1. The van der Waals surface area contributed by atoms with Crippen LogP contribution in [0.15, 0.2) is 47.4 Å². The molecule has 1 aliphatic rings. The smallest absolute Gasteiger partial charge is 0.262 e. The summed E-state index contributed by atoms with van der Waals surface area (Å²) in [6.45, 7) is 5.26. The van der Waals surface area contributed by atoms with Crippen molar-refractivity contribution in [2.24, 2.45) is 0 Å². The Morgan fingerprint density at radius 2 is 1.75 bits per heavy atom. The number of piperidine rings is 1. The number of sulfonamides is 1. The molecule has 32 heavy (non-hydrogen) atoms. The number of aryl methyl sites for hydroxylation is 2. The van der Waals surface area contributed by atoms with Crippen molar-refractivity contribution in [3.05, 3.63) is 59.2 Å². The number of unbranched alkanes of at least 4 members (excludes halogenated alkanes) is 1. The summed E-state index contributed by atoms with van der Waals surface area (Å²) in [5.41, 5.74) is 2.73. The molecule has 1 N–H and O–H groups in total. The van der Waals surface area contributed by atoms with E-state index in [0.29, 0.717) is 35.9 Å². The Bertz CT molecular complexity index is 1020. The molecule has 1 fully saturated rings. The maximum atomic E-state index is 13.1. The van der Waals surface area contributed by atoms with Crippen molar-refractivity contribution in [1.29, 1.82) is 0 Å². The van der Waals surface area contributed by atoms with Crippen molar-refractivity contribution < 1.29 is 13.2 Å². The Kier molecular flexibility index (Phi) is 7.96. The van der Waals surface area contributed by atoms with Gasteiger partial charge in [0.2, 0.25) is 0 Å². The number of likely N-dealkylation sites (tertiary alicyclic amines) is 1. The number of hydrogen-bond acceptors (Lipinski definition) is 4. The first kappa shape index (κ1) is 24.3. The van der Waals surface area contributed by atoms with Crippen molar-refractivity contribution in [3.8, 4) is 0 Å². The predicted molar refractivity (Wildman–Crippen MR) is 130 cm³/mol. The first-order valence-electron chi connectivity index (χ1n) is 11.4. The van der Waals surface area contributed by atoms with E-state index >= 15 is 0 Å². The number of carbonyl (C=O) groups is 1. The minimum atomic E-state index is -3.81. The summed E-state index contributed by atoms with van der Waals surface area (Å²) in [4.78, 5) is 17.2. The minimum absolute atomic E-state index is 0.112. The molecule has 0 bridgehead atoms. The minimum Gasteiger partial charge on any atom is -0.339 e. The maximum absolute atomic E-state index is 13.1.